The second kappa shape index (κ2) is 9.49. The van der Waals surface area contributed by atoms with Gasteiger partial charge in [0.2, 0.25) is 0 Å². The summed E-state index contributed by atoms with van der Waals surface area (Å²) in [4.78, 5) is 26.1. The maximum absolute atomic E-state index is 12.8. The van der Waals surface area contributed by atoms with E-state index in [1.165, 1.54) is 0 Å². The lowest BCUT2D eigenvalue weighted by atomic mass is 10.1. The average Bonchev–Trinajstić information content (AvgIpc) is 2.88. The number of nitrogens with one attached hydrogen (secondary N) is 1. The summed E-state index contributed by atoms with van der Waals surface area (Å²) in [5, 5.41) is 4.46. The summed E-state index contributed by atoms with van der Waals surface area (Å²) in [6.45, 7) is 3.94. The van der Waals surface area contributed by atoms with Crippen molar-refractivity contribution in [1.29, 1.82) is 0 Å². The van der Waals surface area contributed by atoms with Crippen molar-refractivity contribution in [2.75, 3.05) is 44.3 Å². The largest absolute Gasteiger partial charge is 0.396 e. The molecule has 0 radical (unpaired) electrons. The Balaban J connectivity index is 1.29. The van der Waals surface area contributed by atoms with Crippen molar-refractivity contribution in [3.63, 3.8) is 0 Å². The fraction of sp³-hybridized carbons (Fsp3) is 0.222. The van der Waals surface area contributed by atoms with Crippen LogP contribution in [0.15, 0.2) is 72.9 Å². The SMILES string of the molecule is CN1CCN(C(=O)c2ccc(-c3ccc(N)c(NCc4ccc5ncccc5c4)n3)cc2)CC1. The van der Waals surface area contributed by atoms with Gasteiger partial charge < -0.3 is 20.9 Å². The molecule has 1 saturated heterocycles. The van der Waals surface area contributed by atoms with E-state index in [2.05, 4.69) is 40.4 Å². The minimum atomic E-state index is 0.0813. The summed E-state index contributed by atoms with van der Waals surface area (Å²) in [6.07, 6.45) is 1.80. The zero-order valence-corrected chi connectivity index (χ0v) is 19.2. The van der Waals surface area contributed by atoms with Crippen molar-refractivity contribution < 1.29 is 4.79 Å². The molecule has 1 amide bonds. The van der Waals surface area contributed by atoms with Crippen molar-refractivity contribution in [3.05, 3.63) is 84.1 Å². The first kappa shape index (κ1) is 21.9. The van der Waals surface area contributed by atoms with Gasteiger partial charge in [-0.15, -0.1) is 0 Å². The maximum atomic E-state index is 12.8. The lowest BCUT2D eigenvalue weighted by Gasteiger charge is -2.32. The van der Waals surface area contributed by atoms with Crippen LogP contribution in [0.25, 0.3) is 22.2 Å². The molecular weight excluding hydrogens is 424 g/mol. The molecule has 3 heterocycles. The third-order valence-corrected chi connectivity index (χ3v) is 6.27. The Morgan fingerprint density at radius 3 is 2.59 bits per heavy atom. The number of rotatable bonds is 5. The Labute approximate surface area is 199 Å². The van der Waals surface area contributed by atoms with Crippen LogP contribution in [-0.4, -0.2) is 58.9 Å². The van der Waals surface area contributed by atoms with Crippen LogP contribution >= 0.6 is 0 Å². The van der Waals surface area contributed by atoms with Gasteiger partial charge in [-0.3, -0.25) is 9.78 Å². The number of nitrogen functional groups attached to an aromatic ring is 1. The average molecular weight is 453 g/mol. The van der Waals surface area contributed by atoms with E-state index < -0.39 is 0 Å². The van der Waals surface area contributed by atoms with E-state index in [0.717, 1.165) is 53.9 Å². The molecule has 34 heavy (non-hydrogen) atoms. The number of benzene rings is 2. The first-order valence-electron chi connectivity index (χ1n) is 11.5. The topological polar surface area (TPSA) is 87.4 Å². The Bertz CT molecular complexity index is 1310. The van der Waals surface area contributed by atoms with Crippen molar-refractivity contribution in [2.45, 2.75) is 6.54 Å². The number of nitrogens with two attached hydrogens (primary N) is 1. The molecule has 3 N–H and O–H groups in total. The number of fused-ring (bicyclic) bond motifs is 1. The highest BCUT2D eigenvalue weighted by Crippen LogP contribution is 2.25. The molecule has 0 aliphatic carbocycles. The van der Waals surface area contributed by atoms with Gasteiger partial charge in [-0.05, 0) is 55.1 Å². The molecule has 0 unspecified atom stereocenters. The van der Waals surface area contributed by atoms with Crippen molar-refractivity contribution in [2.24, 2.45) is 0 Å². The monoisotopic (exact) mass is 452 g/mol. The van der Waals surface area contributed by atoms with Gasteiger partial charge in [0.15, 0.2) is 0 Å². The smallest absolute Gasteiger partial charge is 0.253 e. The molecule has 0 atom stereocenters. The number of aromatic nitrogens is 2. The second-order valence-electron chi connectivity index (χ2n) is 8.69. The molecule has 5 rings (SSSR count). The van der Waals surface area contributed by atoms with E-state index in [1.54, 1.807) is 6.20 Å². The van der Waals surface area contributed by atoms with Crippen LogP contribution < -0.4 is 11.1 Å². The molecule has 7 heteroatoms. The Morgan fingerprint density at radius 1 is 1.00 bits per heavy atom. The van der Waals surface area contributed by atoms with Crippen LogP contribution in [0.3, 0.4) is 0 Å². The summed E-state index contributed by atoms with van der Waals surface area (Å²) in [5.41, 5.74) is 11.3. The number of likely N-dealkylation sites (N-methyl/N-ethyl adjacent to an activating group) is 1. The normalized spacial score (nSPS) is 14.3. The summed E-state index contributed by atoms with van der Waals surface area (Å²) in [5.74, 6) is 0.722. The lowest BCUT2D eigenvalue weighted by Crippen LogP contribution is -2.47. The highest BCUT2D eigenvalue weighted by molar-refractivity contribution is 5.94. The van der Waals surface area contributed by atoms with Crippen LogP contribution in [0.1, 0.15) is 15.9 Å². The number of carbonyl (C=O) groups is 1. The van der Waals surface area contributed by atoms with Gasteiger partial charge in [0.05, 0.1) is 16.9 Å². The predicted molar refractivity (Wildman–Crippen MR) is 137 cm³/mol. The van der Waals surface area contributed by atoms with Crippen LogP contribution in [-0.2, 0) is 6.54 Å². The van der Waals surface area contributed by atoms with Crippen LogP contribution in [0, 0.1) is 0 Å². The van der Waals surface area contributed by atoms with Gasteiger partial charge in [-0.25, -0.2) is 4.98 Å². The van der Waals surface area contributed by atoms with E-state index >= 15 is 0 Å². The second-order valence-corrected chi connectivity index (χ2v) is 8.69. The standard InChI is InChI=1S/C27H28N6O/c1-32-13-15-33(16-14-32)27(34)21-7-5-20(6-8-21)25-11-9-23(28)26(31-25)30-18-19-4-10-24-22(17-19)3-2-12-29-24/h2-12,17H,13-16,18,28H2,1H3,(H,30,31). The molecule has 2 aromatic carbocycles. The number of nitrogens with zero attached hydrogens (tertiary/aromatic N) is 4. The molecule has 1 aliphatic heterocycles. The quantitative estimate of drug-likeness (QED) is 0.478. The summed E-state index contributed by atoms with van der Waals surface area (Å²) < 4.78 is 0. The zero-order chi connectivity index (χ0) is 23.5. The Morgan fingerprint density at radius 2 is 1.79 bits per heavy atom. The third-order valence-electron chi connectivity index (χ3n) is 6.27. The molecule has 0 saturated carbocycles. The zero-order valence-electron chi connectivity index (χ0n) is 19.2. The van der Waals surface area contributed by atoms with Gasteiger partial charge in [-0.2, -0.15) is 0 Å². The maximum Gasteiger partial charge on any atom is 0.253 e. The summed E-state index contributed by atoms with van der Waals surface area (Å²) >= 11 is 0. The van der Waals surface area contributed by atoms with E-state index in [4.69, 9.17) is 10.7 Å². The van der Waals surface area contributed by atoms with Gasteiger partial charge in [-0.1, -0.05) is 24.3 Å². The lowest BCUT2D eigenvalue weighted by molar-refractivity contribution is 0.0664. The molecule has 7 nitrogen and oxygen atoms in total. The molecule has 0 spiro atoms. The molecule has 1 aliphatic rings. The molecular formula is C27H28N6O. The molecule has 172 valence electrons. The van der Waals surface area contributed by atoms with Gasteiger partial charge >= 0.3 is 0 Å². The third kappa shape index (κ3) is 4.70. The highest BCUT2D eigenvalue weighted by Gasteiger charge is 2.20. The number of carbonyl (C=O) groups excluding carboxylic acids is 1. The van der Waals surface area contributed by atoms with Crippen LogP contribution in [0.2, 0.25) is 0 Å². The van der Waals surface area contributed by atoms with Crippen molar-refractivity contribution in [3.8, 4) is 11.3 Å². The first-order valence-corrected chi connectivity index (χ1v) is 11.5. The van der Waals surface area contributed by atoms with Crippen LogP contribution in [0.5, 0.6) is 0 Å². The van der Waals surface area contributed by atoms with Crippen molar-refractivity contribution in [1.82, 2.24) is 19.8 Å². The first-order chi connectivity index (χ1) is 16.6. The van der Waals surface area contributed by atoms with E-state index in [9.17, 15) is 4.79 Å². The number of hydrogen-bond donors (Lipinski definition) is 2. The fourth-order valence-electron chi connectivity index (χ4n) is 4.17. The Kier molecular flexibility index (Phi) is 6.10. The predicted octanol–water partition coefficient (Wildman–Crippen LogP) is 3.88. The number of hydrogen-bond acceptors (Lipinski definition) is 6. The number of pyridine rings is 2. The van der Waals surface area contributed by atoms with Crippen LogP contribution in [0.4, 0.5) is 11.5 Å². The summed E-state index contributed by atoms with van der Waals surface area (Å²) in [7, 11) is 2.08. The Hall–Kier alpha value is -3.97. The molecule has 0 bridgehead atoms. The number of piperazine rings is 1. The minimum Gasteiger partial charge on any atom is -0.396 e. The van der Waals surface area contributed by atoms with E-state index in [-0.39, 0.29) is 5.91 Å². The molecule has 4 aromatic rings. The highest BCUT2D eigenvalue weighted by atomic mass is 16.2. The summed E-state index contributed by atoms with van der Waals surface area (Å²) in [6, 6.07) is 21.6. The molecule has 1 fully saturated rings. The minimum absolute atomic E-state index is 0.0813. The van der Waals surface area contributed by atoms with Gasteiger partial charge in [0.25, 0.3) is 5.91 Å². The van der Waals surface area contributed by atoms with Gasteiger partial charge in [0, 0.05) is 55.4 Å². The van der Waals surface area contributed by atoms with Gasteiger partial charge in [0.1, 0.15) is 5.82 Å². The van der Waals surface area contributed by atoms with Crippen molar-refractivity contribution >= 4 is 28.3 Å². The fourth-order valence-corrected chi connectivity index (χ4v) is 4.17. The molecule has 2 aromatic heterocycles. The van der Waals surface area contributed by atoms with E-state index in [1.807, 2.05) is 53.4 Å². The number of amides is 1. The number of anilines is 2. The van der Waals surface area contributed by atoms with E-state index in [0.29, 0.717) is 23.6 Å².